The molecule has 0 saturated heterocycles. The van der Waals surface area contributed by atoms with Gasteiger partial charge in [0.15, 0.2) is 0 Å². The molecule has 6 nitrogen and oxygen atoms in total. The van der Waals surface area contributed by atoms with E-state index < -0.39 is 0 Å². The maximum Gasteiger partial charge on any atom is 0.323 e. The number of hydrogen-bond acceptors (Lipinski definition) is 4. The second-order valence-corrected chi connectivity index (χ2v) is 10.8. The quantitative estimate of drug-likeness (QED) is 0.301. The fourth-order valence-electron chi connectivity index (χ4n) is 5.52. The fraction of sp³-hybridized carbons (Fsp3) is 0.276. The minimum absolute atomic E-state index is 0.218. The summed E-state index contributed by atoms with van der Waals surface area (Å²) in [5.41, 5.74) is 5.30. The molecule has 2 aromatic heterocycles. The Balaban J connectivity index is 1.47. The molecule has 190 valence electrons. The SMILES string of the molecule is COc1cc(OC)c(NC(=O)N2Cc3c(sc4c3CCCC4)-n3cccc3[C@H]2c2ccccc2)cc1Cl. The van der Waals surface area contributed by atoms with Crippen LogP contribution in [0.1, 0.15) is 46.1 Å². The van der Waals surface area contributed by atoms with Gasteiger partial charge in [0.1, 0.15) is 16.5 Å². The summed E-state index contributed by atoms with van der Waals surface area (Å²) in [4.78, 5) is 17.5. The topological polar surface area (TPSA) is 55.7 Å². The van der Waals surface area contributed by atoms with Crippen molar-refractivity contribution in [2.75, 3.05) is 19.5 Å². The number of ether oxygens (including phenoxy) is 2. The Hall–Kier alpha value is -3.42. The van der Waals surface area contributed by atoms with Crippen molar-refractivity contribution in [1.82, 2.24) is 9.47 Å². The number of rotatable bonds is 4. The van der Waals surface area contributed by atoms with Crippen LogP contribution in [-0.2, 0) is 19.4 Å². The molecule has 0 saturated carbocycles. The van der Waals surface area contributed by atoms with E-state index in [0.29, 0.717) is 28.8 Å². The first kappa shape index (κ1) is 23.9. The van der Waals surface area contributed by atoms with Gasteiger partial charge in [0.2, 0.25) is 0 Å². The van der Waals surface area contributed by atoms with Crippen LogP contribution in [0.2, 0.25) is 5.02 Å². The first-order valence-corrected chi connectivity index (χ1v) is 13.6. The maximum atomic E-state index is 14.1. The minimum Gasteiger partial charge on any atom is -0.495 e. The highest BCUT2D eigenvalue weighted by Crippen LogP contribution is 2.44. The zero-order valence-electron chi connectivity index (χ0n) is 20.8. The number of hydrogen-bond donors (Lipinski definition) is 1. The van der Waals surface area contributed by atoms with Gasteiger partial charge < -0.3 is 24.3 Å². The van der Waals surface area contributed by atoms with Crippen molar-refractivity contribution in [2.45, 2.75) is 38.3 Å². The van der Waals surface area contributed by atoms with Gasteiger partial charge >= 0.3 is 6.03 Å². The Morgan fingerprint density at radius 3 is 2.57 bits per heavy atom. The summed E-state index contributed by atoms with van der Waals surface area (Å²) < 4.78 is 13.2. The van der Waals surface area contributed by atoms with Crippen LogP contribution in [0.15, 0.2) is 60.8 Å². The van der Waals surface area contributed by atoms with Crippen molar-refractivity contribution in [3.05, 3.63) is 93.1 Å². The van der Waals surface area contributed by atoms with Crippen LogP contribution in [-0.4, -0.2) is 29.7 Å². The molecule has 1 aliphatic carbocycles. The highest BCUT2D eigenvalue weighted by atomic mass is 35.5. The van der Waals surface area contributed by atoms with Crippen molar-refractivity contribution >= 4 is 34.7 Å². The van der Waals surface area contributed by atoms with Crippen LogP contribution < -0.4 is 14.8 Å². The summed E-state index contributed by atoms with van der Waals surface area (Å²) in [5, 5.41) is 4.72. The standard InChI is InChI=1S/C29H28ClN3O3S/c1-35-24-16-25(36-2)22(15-21(24)30)31-29(34)33-17-20-19-11-6-7-13-26(19)37-28(20)32-14-8-12-23(32)27(33)18-9-4-3-5-10-18/h3-5,8-10,12,14-16,27H,6-7,11,13,17H2,1-2H3,(H,31,34)/t27-/m1/s1. The first-order chi connectivity index (χ1) is 18.1. The number of fused-ring (bicyclic) bond motifs is 5. The number of thiophene rings is 1. The Bertz CT molecular complexity index is 1460. The van der Waals surface area contributed by atoms with Gasteiger partial charge in [-0.2, -0.15) is 0 Å². The Labute approximate surface area is 225 Å². The third-order valence-electron chi connectivity index (χ3n) is 7.27. The van der Waals surface area contributed by atoms with Crippen LogP contribution in [0, 0.1) is 0 Å². The van der Waals surface area contributed by atoms with Crippen LogP contribution in [0.5, 0.6) is 11.5 Å². The number of carbonyl (C=O) groups excluding carboxylic acids is 1. The van der Waals surface area contributed by atoms with Gasteiger partial charge in [-0.05, 0) is 55.0 Å². The van der Waals surface area contributed by atoms with E-state index in [2.05, 4.69) is 40.3 Å². The third kappa shape index (κ3) is 4.16. The monoisotopic (exact) mass is 533 g/mol. The summed E-state index contributed by atoms with van der Waals surface area (Å²) in [5.74, 6) is 0.971. The van der Waals surface area contributed by atoms with Gasteiger partial charge in [-0.3, -0.25) is 0 Å². The van der Waals surface area contributed by atoms with E-state index in [0.717, 1.165) is 24.1 Å². The number of anilines is 1. The molecule has 2 aromatic carbocycles. The lowest BCUT2D eigenvalue weighted by Crippen LogP contribution is -2.38. The molecule has 0 fully saturated rings. The van der Waals surface area contributed by atoms with Crippen LogP contribution in [0.25, 0.3) is 5.00 Å². The van der Waals surface area contributed by atoms with Crippen LogP contribution in [0.4, 0.5) is 10.5 Å². The molecular weight excluding hydrogens is 506 g/mol. The molecule has 0 spiro atoms. The Kier molecular flexibility index (Phi) is 6.34. The molecule has 2 amide bonds. The molecule has 3 heterocycles. The van der Waals surface area contributed by atoms with Crippen molar-refractivity contribution in [3.8, 4) is 16.5 Å². The average molecular weight is 534 g/mol. The molecular formula is C29H28ClN3O3S. The summed E-state index contributed by atoms with van der Waals surface area (Å²) in [6.07, 6.45) is 6.70. The highest BCUT2D eigenvalue weighted by Gasteiger charge is 2.36. The Morgan fingerprint density at radius 1 is 1.00 bits per heavy atom. The van der Waals surface area contributed by atoms with Crippen molar-refractivity contribution in [3.63, 3.8) is 0 Å². The van der Waals surface area contributed by atoms with E-state index in [1.807, 2.05) is 34.4 Å². The molecule has 6 rings (SSSR count). The fourth-order valence-corrected chi connectivity index (χ4v) is 7.16. The van der Waals surface area contributed by atoms with E-state index in [9.17, 15) is 4.79 Å². The number of urea groups is 1. The van der Waals surface area contributed by atoms with E-state index >= 15 is 0 Å². The number of methoxy groups -OCH3 is 2. The smallest absolute Gasteiger partial charge is 0.323 e. The zero-order chi connectivity index (χ0) is 25.5. The number of aromatic nitrogens is 1. The number of carbonyl (C=O) groups is 1. The lowest BCUT2D eigenvalue weighted by molar-refractivity contribution is 0.194. The number of aryl methyl sites for hydroxylation is 1. The van der Waals surface area contributed by atoms with Gasteiger partial charge in [0, 0.05) is 22.7 Å². The van der Waals surface area contributed by atoms with Gasteiger partial charge in [0.05, 0.1) is 43.2 Å². The van der Waals surface area contributed by atoms with Gasteiger partial charge in [-0.25, -0.2) is 4.79 Å². The molecule has 1 atom stereocenters. The summed E-state index contributed by atoms with van der Waals surface area (Å²) in [6.45, 7) is 0.514. The van der Waals surface area contributed by atoms with Gasteiger partial charge in [0.25, 0.3) is 0 Å². The van der Waals surface area contributed by atoms with E-state index in [1.165, 1.54) is 33.8 Å². The molecule has 8 heteroatoms. The molecule has 0 unspecified atom stereocenters. The molecule has 2 aliphatic rings. The molecule has 1 aliphatic heterocycles. The summed E-state index contributed by atoms with van der Waals surface area (Å²) in [6, 6.07) is 17.3. The predicted molar refractivity (Wildman–Crippen MR) is 148 cm³/mol. The zero-order valence-corrected chi connectivity index (χ0v) is 22.4. The molecule has 1 N–H and O–H groups in total. The second-order valence-electron chi connectivity index (χ2n) is 9.36. The van der Waals surface area contributed by atoms with E-state index in [-0.39, 0.29) is 12.1 Å². The third-order valence-corrected chi connectivity index (χ3v) is 8.90. The van der Waals surface area contributed by atoms with Crippen molar-refractivity contribution in [2.24, 2.45) is 0 Å². The first-order valence-electron chi connectivity index (χ1n) is 12.4. The van der Waals surface area contributed by atoms with Crippen LogP contribution in [0.3, 0.4) is 0 Å². The number of amides is 2. The largest absolute Gasteiger partial charge is 0.495 e. The summed E-state index contributed by atoms with van der Waals surface area (Å²) in [7, 11) is 3.11. The number of halogens is 1. The number of benzene rings is 2. The number of nitrogens with one attached hydrogen (secondary N) is 1. The Morgan fingerprint density at radius 2 is 1.78 bits per heavy atom. The summed E-state index contributed by atoms with van der Waals surface area (Å²) >= 11 is 8.29. The predicted octanol–water partition coefficient (Wildman–Crippen LogP) is 7.23. The van der Waals surface area contributed by atoms with Crippen molar-refractivity contribution in [1.29, 1.82) is 0 Å². The number of nitrogens with zero attached hydrogens (tertiary/aromatic N) is 2. The highest BCUT2D eigenvalue weighted by molar-refractivity contribution is 7.15. The maximum absolute atomic E-state index is 14.1. The molecule has 37 heavy (non-hydrogen) atoms. The lowest BCUT2D eigenvalue weighted by Gasteiger charge is -2.31. The molecule has 0 radical (unpaired) electrons. The lowest BCUT2D eigenvalue weighted by atomic mass is 9.95. The van der Waals surface area contributed by atoms with E-state index in [1.54, 1.807) is 26.4 Å². The van der Waals surface area contributed by atoms with Crippen molar-refractivity contribution < 1.29 is 14.3 Å². The minimum atomic E-state index is -0.269. The van der Waals surface area contributed by atoms with Gasteiger partial charge in [-0.15, -0.1) is 11.3 Å². The van der Waals surface area contributed by atoms with Gasteiger partial charge in [-0.1, -0.05) is 41.9 Å². The van der Waals surface area contributed by atoms with E-state index in [4.69, 9.17) is 21.1 Å². The molecule has 4 aromatic rings. The second kappa shape index (κ2) is 9.80. The normalized spacial score (nSPS) is 16.3. The average Bonchev–Trinajstić information content (AvgIpc) is 3.51. The van der Waals surface area contributed by atoms with Crippen LogP contribution >= 0.6 is 22.9 Å². The molecule has 0 bridgehead atoms.